The summed E-state index contributed by atoms with van der Waals surface area (Å²) in [6.07, 6.45) is -2.04. The summed E-state index contributed by atoms with van der Waals surface area (Å²) in [6.45, 7) is -1.27. The van der Waals surface area contributed by atoms with Crippen LogP contribution in [0.4, 0.5) is 24.5 Å². The summed E-state index contributed by atoms with van der Waals surface area (Å²) in [5.74, 6) is -2.58. The third-order valence-corrected chi connectivity index (χ3v) is 5.16. The van der Waals surface area contributed by atoms with Gasteiger partial charge in [-0.1, -0.05) is 6.07 Å². The molecule has 1 aromatic carbocycles. The van der Waals surface area contributed by atoms with Gasteiger partial charge in [0.15, 0.2) is 0 Å². The van der Waals surface area contributed by atoms with Gasteiger partial charge in [0.1, 0.15) is 12.6 Å². The zero-order valence-electron chi connectivity index (χ0n) is 16.1. The highest BCUT2D eigenvalue weighted by molar-refractivity contribution is 6.25. The maximum absolute atomic E-state index is 13.1. The predicted octanol–water partition coefficient (Wildman–Crippen LogP) is 1.61. The molecular formula is C19H16F3N5O4. The number of rotatable bonds is 4. The standard InChI is InChI=1S/C19H16F3N5O4/c1-25(10-7-23-26(8-10)9-19(20,21)22)12-4-2-3-11-15(12)18(31)27(17(11)30)13-5-6-14(28)24-16(13)29/h2-4,7-8,13H,5-6,9H2,1H3,(H,24,28,29). The van der Waals surface area contributed by atoms with Gasteiger partial charge in [-0.3, -0.25) is 34.1 Å². The summed E-state index contributed by atoms with van der Waals surface area (Å²) >= 11 is 0. The van der Waals surface area contributed by atoms with Crippen molar-refractivity contribution in [1.29, 1.82) is 0 Å². The molecule has 2 aliphatic rings. The van der Waals surface area contributed by atoms with E-state index in [1.54, 1.807) is 6.07 Å². The number of carbonyl (C=O) groups excluding carboxylic acids is 4. The van der Waals surface area contributed by atoms with Crippen LogP contribution in [0, 0.1) is 0 Å². The number of aromatic nitrogens is 2. The fourth-order valence-corrected chi connectivity index (χ4v) is 3.71. The Labute approximate surface area is 173 Å². The molecule has 2 aromatic rings. The largest absolute Gasteiger partial charge is 0.408 e. The van der Waals surface area contributed by atoms with E-state index < -0.39 is 42.4 Å². The van der Waals surface area contributed by atoms with E-state index in [9.17, 15) is 32.3 Å². The van der Waals surface area contributed by atoms with Crippen LogP contribution in [0.1, 0.15) is 33.6 Å². The van der Waals surface area contributed by atoms with Crippen molar-refractivity contribution in [2.24, 2.45) is 0 Å². The van der Waals surface area contributed by atoms with Gasteiger partial charge in [-0.25, -0.2) is 0 Å². The average Bonchev–Trinajstić information content (AvgIpc) is 3.24. The molecule has 162 valence electrons. The predicted molar refractivity (Wildman–Crippen MR) is 99.5 cm³/mol. The van der Waals surface area contributed by atoms with E-state index in [2.05, 4.69) is 10.4 Å². The number of carbonyl (C=O) groups is 4. The van der Waals surface area contributed by atoms with Gasteiger partial charge < -0.3 is 4.90 Å². The number of piperidine rings is 1. The van der Waals surface area contributed by atoms with E-state index >= 15 is 0 Å². The van der Waals surface area contributed by atoms with E-state index in [-0.39, 0.29) is 35.3 Å². The maximum Gasteiger partial charge on any atom is 0.408 e. The fraction of sp³-hybridized carbons (Fsp3) is 0.316. The lowest BCUT2D eigenvalue weighted by Crippen LogP contribution is -2.54. The minimum Gasteiger partial charge on any atom is -0.341 e. The van der Waals surface area contributed by atoms with E-state index in [1.165, 1.54) is 36.5 Å². The molecule has 12 heteroatoms. The zero-order chi connectivity index (χ0) is 22.5. The number of hydrogen-bond acceptors (Lipinski definition) is 6. The molecule has 0 spiro atoms. The molecule has 4 amide bonds. The molecule has 1 aromatic heterocycles. The summed E-state index contributed by atoms with van der Waals surface area (Å²) in [7, 11) is 1.52. The van der Waals surface area contributed by atoms with Crippen LogP contribution in [0.5, 0.6) is 0 Å². The Kier molecular flexibility index (Phi) is 4.79. The van der Waals surface area contributed by atoms with Crippen LogP contribution in [-0.2, 0) is 16.1 Å². The molecule has 0 saturated carbocycles. The Bertz CT molecular complexity index is 1110. The number of nitrogens with one attached hydrogen (secondary N) is 1. The third-order valence-electron chi connectivity index (χ3n) is 5.16. The SMILES string of the molecule is CN(c1cnn(CC(F)(F)F)c1)c1cccc2c1C(=O)N(C1CCC(=O)NC1=O)C2=O. The highest BCUT2D eigenvalue weighted by Gasteiger charge is 2.46. The average molecular weight is 435 g/mol. The second-order valence-electron chi connectivity index (χ2n) is 7.22. The number of halogens is 3. The van der Waals surface area contributed by atoms with Gasteiger partial charge in [-0.15, -0.1) is 0 Å². The molecule has 9 nitrogen and oxygen atoms in total. The van der Waals surface area contributed by atoms with Crippen LogP contribution in [-0.4, -0.2) is 57.6 Å². The number of fused-ring (bicyclic) bond motifs is 1. The molecule has 1 atom stereocenters. The fourth-order valence-electron chi connectivity index (χ4n) is 3.71. The van der Waals surface area contributed by atoms with E-state index in [0.29, 0.717) is 0 Å². The Balaban J connectivity index is 1.66. The first kappa shape index (κ1) is 20.6. The quantitative estimate of drug-likeness (QED) is 0.732. The van der Waals surface area contributed by atoms with Crippen LogP contribution in [0.3, 0.4) is 0 Å². The number of imide groups is 2. The third kappa shape index (κ3) is 3.64. The van der Waals surface area contributed by atoms with Gasteiger partial charge in [-0.05, 0) is 18.6 Å². The van der Waals surface area contributed by atoms with Crippen LogP contribution in [0.15, 0.2) is 30.6 Å². The van der Waals surface area contributed by atoms with Crippen molar-refractivity contribution in [3.8, 4) is 0 Å². The molecule has 1 saturated heterocycles. The number of benzene rings is 1. The van der Waals surface area contributed by atoms with Crippen molar-refractivity contribution < 1.29 is 32.3 Å². The Morgan fingerprint density at radius 2 is 1.94 bits per heavy atom. The van der Waals surface area contributed by atoms with Gasteiger partial charge in [-0.2, -0.15) is 18.3 Å². The highest BCUT2D eigenvalue weighted by atomic mass is 19.4. The molecule has 4 rings (SSSR count). The number of hydrogen-bond donors (Lipinski definition) is 1. The van der Waals surface area contributed by atoms with Crippen molar-refractivity contribution in [3.05, 3.63) is 41.7 Å². The monoisotopic (exact) mass is 435 g/mol. The Morgan fingerprint density at radius 3 is 2.61 bits per heavy atom. The van der Waals surface area contributed by atoms with Crippen molar-refractivity contribution >= 4 is 35.0 Å². The number of amides is 4. The molecule has 2 aliphatic heterocycles. The summed E-state index contributed by atoms with van der Waals surface area (Å²) in [5.41, 5.74) is 0.652. The van der Waals surface area contributed by atoms with Gasteiger partial charge in [0, 0.05) is 19.7 Å². The van der Waals surface area contributed by atoms with Gasteiger partial charge in [0.05, 0.1) is 28.7 Å². The number of nitrogens with zero attached hydrogens (tertiary/aromatic N) is 4. The molecule has 0 bridgehead atoms. The summed E-state index contributed by atoms with van der Waals surface area (Å²) in [6, 6.07) is 3.40. The number of anilines is 2. The van der Waals surface area contributed by atoms with Crippen LogP contribution >= 0.6 is 0 Å². The maximum atomic E-state index is 13.1. The van der Waals surface area contributed by atoms with Gasteiger partial charge in [0.2, 0.25) is 11.8 Å². The Hall–Kier alpha value is -3.70. The number of alkyl halides is 3. The molecule has 0 aliphatic carbocycles. The topological polar surface area (TPSA) is 105 Å². The first-order chi connectivity index (χ1) is 14.6. The first-order valence-electron chi connectivity index (χ1n) is 9.24. The second kappa shape index (κ2) is 7.22. The lowest BCUT2D eigenvalue weighted by Gasteiger charge is -2.28. The van der Waals surface area contributed by atoms with Crippen LogP contribution in [0.25, 0.3) is 0 Å². The minimum absolute atomic E-state index is 0.00500. The molecule has 1 N–H and O–H groups in total. The Morgan fingerprint density at radius 1 is 1.19 bits per heavy atom. The van der Waals surface area contributed by atoms with Crippen molar-refractivity contribution in [2.75, 3.05) is 11.9 Å². The van der Waals surface area contributed by atoms with Gasteiger partial charge >= 0.3 is 6.18 Å². The molecule has 1 fully saturated rings. The molecular weight excluding hydrogens is 419 g/mol. The van der Waals surface area contributed by atoms with E-state index in [0.717, 1.165) is 9.58 Å². The normalized spacial score (nSPS) is 19.0. The van der Waals surface area contributed by atoms with Crippen LogP contribution in [0.2, 0.25) is 0 Å². The minimum atomic E-state index is -4.44. The second-order valence-corrected chi connectivity index (χ2v) is 7.22. The highest BCUT2D eigenvalue weighted by Crippen LogP contribution is 2.36. The van der Waals surface area contributed by atoms with Crippen molar-refractivity contribution in [2.45, 2.75) is 31.6 Å². The summed E-state index contributed by atoms with van der Waals surface area (Å²) < 4.78 is 38.5. The molecule has 0 radical (unpaired) electrons. The van der Waals surface area contributed by atoms with Crippen molar-refractivity contribution in [3.63, 3.8) is 0 Å². The van der Waals surface area contributed by atoms with E-state index in [4.69, 9.17) is 0 Å². The lowest BCUT2D eigenvalue weighted by molar-refractivity contribution is -0.142. The smallest absolute Gasteiger partial charge is 0.341 e. The van der Waals surface area contributed by atoms with E-state index in [1.807, 2.05) is 0 Å². The molecule has 31 heavy (non-hydrogen) atoms. The molecule has 1 unspecified atom stereocenters. The van der Waals surface area contributed by atoms with Crippen molar-refractivity contribution in [1.82, 2.24) is 20.0 Å². The van der Waals surface area contributed by atoms with Crippen LogP contribution < -0.4 is 10.2 Å². The zero-order valence-corrected chi connectivity index (χ0v) is 16.1. The summed E-state index contributed by atoms with van der Waals surface area (Å²) in [4.78, 5) is 51.9. The summed E-state index contributed by atoms with van der Waals surface area (Å²) in [5, 5.41) is 5.81. The lowest BCUT2D eigenvalue weighted by atomic mass is 10.0. The molecule has 3 heterocycles. The van der Waals surface area contributed by atoms with Gasteiger partial charge in [0.25, 0.3) is 11.8 Å². The first-order valence-corrected chi connectivity index (χ1v) is 9.24.